The number of thioether (sulfide) groups is 2. The molecular formula is C26H20N6O9S4. The molecule has 2 aliphatic heterocycles. The van der Waals surface area contributed by atoms with Crippen LogP contribution in [0, 0.1) is 12.3 Å². The van der Waals surface area contributed by atoms with Gasteiger partial charge >= 0.3 is 11.9 Å². The number of fused-ring (bicyclic) bond motifs is 1. The van der Waals surface area contributed by atoms with Crippen molar-refractivity contribution in [1.29, 1.82) is 0 Å². The third-order valence-electron chi connectivity index (χ3n) is 6.24. The van der Waals surface area contributed by atoms with Crippen LogP contribution in [0.2, 0.25) is 0 Å². The number of phenols is 2. The molecule has 2 amide bonds. The van der Waals surface area contributed by atoms with E-state index in [1.807, 2.05) is 0 Å². The first-order valence-corrected chi connectivity index (χ1v) is 16.2. The summed E-state index contributed by atoms with van der Waals surface area (Å²) in [4.78, 5) is 64.9. The number of aromatic nitrogens is 2. The average Bonchev–Trinajstić information content (AvgIpc) is 3.64. The van der Waals surface area contributed by atoms with Gasteiger partial charge < -0.3 is 36.3 Å². The molecule has 1 aromatic carbocycles. The number of carboxylic acids is 2. The summed E-state index contributed by atoms with van der Waals surface area (Å²) >= 11 is 4.40. The van der Waals surface area contributed by atoms with Crippen LogP contribution in [0.25, 0.3) is 10.4 Å². The molecule has 5 rings (SSSR count). The Hall–Kier alpha value is -4.77. The van der Waals surface area contributed by atoms with Crippen molar-refractivity contribution in [1.82, 2.24) is 20.2 Å². The third kappa shape index (κ3) is 6.39. The Kier molecular flexibility index (Phi) is 9.19. The Labute approximate surface area is 269 Å². The zero-order chi connectivity index (χ0) is 32.4. The quantitative estimate of drug-likeness (QED) is 0.0321. The molecule has 1 saturated heterocycles. The first-order chi connectivity index (χ1) is 21.5. The van der Waals surface area contributed by atoms with Gasteiger partial charge in [0.05, 0.1) is 4.88 Å². The standard InChI is InChI=1S/C26H20N6O9S4/c1-2-5-41-31-15(12-9-43-25(27)28-12)20(35)29-17-21(36)32-18(24(39)40)11(7-42-22(17)32)8-44-26-30-16(23(37)38)19(45-26)10-3-4-13(33)14(34)6-10/h1,3-4,6,9,17,22,33-34H,5,7-8H2,(H2,27,28)(H,29,35)(H,37,38)(H,39,40)/t17-,22-/m1/s1. The van der Waals surface area contributed by atoms with Gasteiger partial charge in [0.1, 0.15) is 22.8 Å². The number of benzene rings is 1. The lowest BCUT2D eigenvalue weighted by Crippen LogP contribution is -2.71. The largest absolute Gasteiger partial charge is 0.504 e. The molecule has 232 valence electrons. The van der Waals surface area contributed by atoms with Crippen LogP contribution < -0.4 is 11.1 Å². The van der Waals surface area contributed by atoms with Crippen LogP contribution in [0.1, 0.15) is 16.2 Å². The van der Waals surface area contributed by atoms with Gasteiger partial charge in [-0.05, 0) is 29.3 Å². The predicted molar refractivity (Wildman–Crippen MR) is 166 cm³/mol. The molecule has 15 nitrogen and oxygen atoms in total. The molecule has 19 heteroatoms. The number of phenolic OH excluding ortho intramolecular Hbond substituents is 2. The first-order valence-electron chi connectivity index (χ1n) is 12.4. The zero-order valence-electron chi connectivity index (χ0n) is 22.5. The summed E-state index contributed by atoms with van der Waals surface area (Å²) in [7, 11) is 0. The maximum absolute atomic E-state index is 13.2. The van der Waals surface area contributed by atoms with Gasteiger partial charge in [-0.15, -0.1) is 40.9 Å². The third-order valence-corrected chi connectivity index (χ3v) is 10.6. The fraction of sp³-hybridized carbons (Fsp3) is 0.192. The zero-order valence-corrected chi connectivity index (χ0v) is 25.8. The molecule has 0 unspecified atom stereocenters. The molecule has 0 bridgehead atoms. The lowest BCUT2D eigenvalue weighted by molar-refractivity contribution is -0.150. The normalized spacial score (nSPS) is 17.7. The number of hydrogen-bond acceptors (Lipinski definition) is 15. The minimum absolute atomic E-state index is 0.0730. The maximum Gasteiger partial charge on any atom is 0.356 e. The second-order valence-electron chi connectivity index (χ2n) is 9.06. The number of carbonyl (C=O) groups is 4. The summed E-state index contributed by atoms with van der Waals surface area (Å²) in [5.74, 6) is -2.43. The summed E-state index contributed by atoms with van der Waals surface area (Å²) in [6.07, 6.45) is 5.17. The van der Waals surface area contributed by atoms with E-state index < -0.39 is 40.9 Å². The molecule has 0 saturated carbocycles. The highest BCUT2D eigenvalue weighted by molar-refractivity contribution is 8.02. The van der Waals surface area contributed by atoms with Crippen LogP contribution in [0.5, 0.6) is 11.5 Å². The number of carboxylic acid groups (broad SMARTS) is 2. The minimum atomic E-state index is -1.34. The molecule has 3 aromatic rings. The predicted octanol–water partition coefficient (Wildman–Crippen LogP) is 1.84. The number of aliphatic carboxylic acids is 1. The van der Waals surface area contributed by atoms with Crippen molar-refractivity contribution in [3.8, 4) is 34.3 Å². The summed E-state index contributed by atoms with van der Waals surface area (Å²) in [5, 5.41) is 46.4. The number of thiazole rings is 2. The number of anilines is 1. The van der Waals surface area contributed by atoms with Crippen molar-refractivity contribution in [3.63, 3.8) is 0 Å². The number of carbonyl (C=O) groups excluding carboxylic acids is 2. The topological polar surface area (TPSA) is 238 Å². The van der Waals surface area contributed by atoms with Crippen molar-refractivity contribution in [2.24, 2.45) is 5.16 Å². The van der Waals surface area contributed by atoms with E-state index in [1.165, 1.54) is 35.3 Å². The van der Waals surface area contributed by atoms with Crippen LogP contribution in [-0.4, -0.2) is 94.3 Å². The van der Waals surface area contributed by atoms with Gasteiger partial charge in [-0.3, -0.25) is 14.5 Å². The smallest absolute Gasteiger partial charge is 0.356 e. The number of oxime groups is 1. The Morgan fingerprint density at radius 1 is 1.22 bits per heavy atom. The summed E-state index contributed by atoms with van der Waals surface area (Å²) in [5.41, 5.74) is 5.72. The average molecular weight is 689 g/mol. The van der Waals surface area contributed by atoms with E-state index in [4.69, 9.17) is 17.0 Å². The molecular weight excluding hydrogens is 669 g/mol. The highest BCUT2D eigenvalue weighted by Gasteiger charge is 2.54. The molecule has 0 aliphatic carbocycles. The van der Waals surface area contributed by atoms with Crippen molar-refractivity contribution in [2.75, 3.05) is 23.8 Å². The highest BCUT2D eigenvalue weighted by Crippen LogP contribution is 2.43. The van der Waals surface area contributed by atoms with Crippen LogP contribution in [0.15, 0.2) is 44.3 Å². The molecule has 2 atom stereocenters. The Morgan fingerprint density at radius 3 is 2.64 bits per heavy atom. The number of amides is 2. The van der Waals surface area contributed by atoms with Crippen LogP contribution >= 0.6 is 46.2 Å². The second-order valence-corrected chi connectivity index (χ2v) is 13.3. The number of aromatic carboxylic acids is 1. The van der Waals surface area contributed by atoms with Crippen molar-refractivity contribution < 1.29 is 44.4 Å². The number of hydrogen-bond donors (Lipinski definition) is 6. The molecule has 0 spiro atoms. The number of β-lactam (4-membered cyclic amide) rings is 1. The molecule has 45 heavy (non-hydrogen) atoms. The van der Waals surface area contributed by atoms with Gasteiger partial charge in [-0.25, -0.2) is 19.6 Å². The van der Waals surface area contributed by atoms with Crippen LogP contribution in [0.4, 0.5) is 5.13 Å². The first kappa shape index (κ1) is 31.6. The molecule has 1 fully saturated rings. The van der Waals surface area contributed by atoms with Crippen LogP contribution in [-0.2, 0) is 19.2 Å². The van der Waals surface area contributed by atoms with Gasteiger partial charge in [0.15, 0.2) is 39.0 Å². The minimum Gasteiger partial charge on any atom is -0.504 e. The number of nitrogens with zero attached hydrogens (tertiary/aromatic N) is 4. The highest BCUT2D eigenvalue weighted by atomic mass is 32.2. The van der Waals surface area contributed by atoms with Gasteiger partial charge in [0.2, 0.25) is 0 Å². The molecule has 2 aromatic heterocycles. The van der Waals surface area contributed by atoms with E-state index in [9.17, 15) is 39.6 Å². The Morgan fingerprint density at radius 2 is 2.00 bits per heavy atom. The van der Waals surface area contributed by atoms with E-state index in [0.717, 1.165) is 39.3 Å². The fourth-order valence-electron chi connectivity index (χ4n) is 4.26. The van der Waals surface area contributed by atoms with E-state index in [1.54, 1.807) is 0 Å². The van der Waals surface area contributed by atoms with Crippen molar-refractivity contribution in [2.45, 2.75) is 15.8 Å². The molecule has 7 N–H and O–H groups in total. The number of nitrogen functional groups attached to an aromatic ring is 1. The molecule has 0 radical (unpaired) electrons. The van der Waals surface area contributed by atoms with Crippen LogP contribution in [0.3, 0.4) is 0 Å². The number of nitrogens with one attached hydrogen (secondary N) is 1. The van der Waals surface area contributed by atoms with E-state index in [0.29, 0.717) is 15.5 Å². The monoisotopic (exact) mass is 688 g/mol. The van der Waals surface area contributed by atoms with E-state index in [-0.39, 0.29) is 56.7 Å². The SMILES string of the molecule is C#CCON=C(C(=O)N[C@@H]1C(=O)N2C(C(=O)O)=C(CSc3nc(C(=O)O)c(-c4ccc(O)c(O)c4)s3)CS[C@H]12)c1csc(N)n1. The summed E-state index contributed by atoms with van der Waals surface area (Å²) in [6, 6.07) is 2.80. The summed E-state index contributed by atoms with van der Waals surface area (Å²) < 4.78 is 0.306. The van der Waals surface area contributed by atoms with Crippen molar-refractivity contribution in [3.05, 3.63) is 46.2 Å². The van der Waals surface area contributed by atoms with Gasteiger partial charge in [-0.2, -0.15) is 0 Å². The molecule has 4 heterocycles. The maximum atomic E-state index is 13.2. The lowest BCUT2D eigenvalue weighted by Gasteiger charge is -2.49. The number of terminal acetylenes is 1. The van der Waals surface area contributed by atoms with Crippen molar-refractivity contribution >= 4 is 80.8 Å². The second kappa shape index (κ2) is 13.1. The number of aromatic hydroxyl groups is 2. The fourth-order valence-corrected chi connectivity index (χ4v) is 8.42. The van der Waals surface area contributed by atoms with E-state index >= 15 is 0 Å². The Bertz CT molecular complexity index is 1830. The van der Waals surface area contributed by atoms with Gasteiger partial charge in [-0.1, -0.05) is 22.8 Å². The Balaban J connectivity index is 1.32. The molecule has 2 aliphatic rings. The number of rotatable bonds is 11. The van der Waals surface area contributed by atoms with Gasteiger partial charge in [0, 0.05) is 16.9 Å². The number of nitrogens with two attached hydrogens (primary N) is 1. The van der Waals surface area contributed by atoms with Gasteiger partial charge in [0.25, 0.3) is 11.8 Å². The summed E-state index contributed by atoms with van der Waals surface area (Å²) in [6.45, 7) is -0.223. The van der Waals surface area contributed by atoms with E-state index in [2.05, 4.69) is 26.4 Å². The lowest BCUT2D eigenvalue weighted by atomic mass is 10.0.